The minimum Gasteiger partial charge on any atom is -0.358 e. The summed E-state index contributed by atoms with van der Waals surface area (Å²) >= 11 is 0. The minimum absolute atomic E-state index is 0.247. The predicted molar refractivity (Wildman–Crippen MR) is 114 cm³/mol. The van der Waals surface area contributed by atoms with Crippen LogP contribution in [0.1, 0.15) is 40.0 Å². The Kier molecular flexibility index (Phi) is 5.35. The van der Waals surface area contributed by atoms with Gasteiger partial charge in [0.2, 0.25) is 0 Å². The molecule has 0 bridgehead atoms. The Morgan fingerprint density at radius 2 is 2.14 bits per heavy atom. The number of urea groups is 1. The van der Waals surface area contributed by atoms with Crippen LogP contribution in [-0.2, 0) is 0 Å². The standard InChI is InChI=1S/C23H29FN4O/c1-4-5-11-26-13-10-23(15-18(26)3)21(27-12-9-17(2)16-27)25-22(29)28(23)20-8-6-7-19(24)14-20/h6-8,14,17-18H,9-13,15-16H2,1-3H3/t17?,18-,23-/m1/s1. The number of aliphatic imine (C=N–C) groups is 1. The van der Waals surface area contributed by atoms with Gasteiger partial charge < -0.3 is 4.90 Å². The van der Waals surface area contributed by atoms with Crippen molar-refractivity contribution < 1.29 is 9.18 Å². The third-order valence-corrected chi connectivity index (χ3v) is 6.55. The van der Waals surface area contributed by atoms with Crippen LogP contribution in [0, 0.1) is 23.6 Å². The fourth-order valence-electron chi connectivity index (χ4n) is 5.08. The number of likely N-dealkylation sites (tertiary alicyclic amines) is 2. The summed E-state index contributed by atoms with van der Waals surface area (Å²) in [6, 6.07) is 6.31. The molecule has 29 heavy (non-hydrogen) atoms. The van der Waals surface area contributed by atoms with Gasteiger partial charge in [-0.2, -0.15) is 4.99 Å². The maximum atomic E-state index is 14.0. The molecule has 0 saturated carbocycles. The van der Waals surface area contributed by atoms with Crippen LogP contribution in [0.5, 0.6) is 0 Å². The van der Waals surface area contributed by atoms with E-state index in [1.165, 1.54) is 12.1 Å². The van der Waals surface area contributed by atoms with Crippen molar-refractivity contribution in [2.45, 2.75) is 51.6 Å². The van der Waals surface area contributed by atoms with Crippen molar-refractivity contribution in [3.63, 3.8) is 0 Å². The van der Waals surface area contributed by atoms with E-state index in [2.05, 4.69) is 40.5 Å². The summed E-state index contributed by atoms with van der Waals surface area (Å²) < 4.78 is 14.0. The number of nitrogens with zero attached hydrogens (tertiary/aromatic N) is 4. The zero-order valence-electron chi connectivity index (χ0n) is 17.5. The number of anilines is 1. The highest BCUT2D eigenvalue weighted by atomic mass is 19.1. The fourth-order valence-corrected chi connectivity index (χ4v) is 5.08. The van der Waals surface area contributed by atoms with Crippen molar-refractivity contribution in [3.05, 3.63) is 30.1 Å². The van der Waals surface area contributed by atoms with Gasteiger partial charge in [-0.15, -0.1) is 5.92 Å². The molecule has 0 radical (unpaired) electrons. The molecule has 3 aliphatic heterocycles. The van der Waals surface area contributed by atoms with Crippen molar-refractivity contribution in [1.29, 1.82) is 0 Å². The van der Waals surface area contributed by atoms with E-state index < -0.39 is 5.54 Å². The molecule has 0 aliphatic carbocycles. The number of rotatable bonds is 2. The number of piperidine rings is 1. The molecule has 2 saturated heterocycles. The second kappa shape index (κ2) is 7.79. The molecule has 1 aromatic carbocycles. The van der Waals surface area contributed by atoms with Crippen LogP contribution in [0.3, 0.4) is 0 Å². The molecular formula is C23H29FN4O. The lowest BCUT2D eigenvalue weighted by atomic mass is 9.80. The maximum Gasteiger partial charge on any atom is 0.350 e. The number of carbonyl (C=O) groups is 1. The van der Waals surface area contributed by atoms with E-state index >= 15 is 0 Å². The zero-order chi connectivity index (χ0) is 20.6. The summed E-state index contributed by atoms with van der Waals surface area (Å²) in [5.74, 6) is 7.27. The molecule has 0 N–H and O–H groups in total. The topological polar surface area (TPSA) is 39.1 Å². The summed E-state index contributed by atoms with van der Waals surface area (Å²) in [6.45, 7) is 9.69. The Hall–Kier alpha value is -2.39. The van der Waals surface area contributed by atoms with E-state index in [0.29, 0.717) is 11.6 Å². The Balaban J connectivity index is 1.72. The first-order valence-electron chi connectivity index (χ1n) is 10.5. The van der Waals surface area contributed by atoms with E-state index in [0.717, 1.165) is 51.3 Å². The largest absolute Gasteiger partial charge is 0.358 e. The Bertz CT molecular complexity index is 888. The Morgan fingerprint density at radius 3 is 2.79 bits per heavy atom. The summed E-state index contributed by atoms with van der Waals surface area (Å²) in [6.07, 6.45) is 2.65. The lowest BCUT2D eigenvalue weighted by molar-refractivity contribution is 0.142. The minimum atomic E-state index is -0.523. The molecule has 154 valence electrons. The maximum absolute atomic E-state index is 14.0. The van der Waals surface area contributed by atoms with Crippen LogP contribution in [0.4, 0.5) is 14.9 Å². The molecule has 3 aliphatic rings. The molecule has 2 fully saturated rings. The predicted octanol–water partition coefficient (Wildman–Crippen LogP) is 3.75. The zero-order valence-corrected chi connectivity index (χ0v) is 17.5. The lowest BCUT2D eigenvalue weighted by Crippen LogP contribution is -2.63. The molecule has 1 spiro atoms. The third-order valence-electron chi connectivity index (χ3n) is 6.55. The molecule has 0 aromatic heterocycles. The van der Waals surface area contributed by atoms with Crippen molar-refractivity contribution in [1.82, 2.24) is 9.80 Å². The lowest BCUT2D eigenvalue weighted by Gasteiger charge is -2.49. The van der Waals surface area contributed by atoms with Gasteiger partial charge in [0.05, 0.1) is 6.54 Å². The van der Waals surface area contributed by atoms with Crippen molar-refractivity contribution in [3.8, 4) is 11.8 Å². The van der Waals surface area contributed by atoms with Gasteiger partial charge in [-0.1, -0.05) is 18.9 Å². The number of benzene rings is 1. The van der Waals surface area contributed by atoms with Gasteiger partial charge in [0, 0.05) is 31.4 Å². The smallest absolute Gasteiger partial charge is 0.350 e. The van der Waals surface area contributed by atoms with E-state index in [9.17, 15) is 9.18 Å². The van der Waals surface area contributed by atoms with Crippen LogP contribution >= 0.6 is 0 Å². The summed E-state index contributed by atoms with van der Waals surface area (Å²) in [7, 11) is 0. The Labute approximate surface area is 172 Å². The molecule has 1 unspecified atom stereocenters. The van der Waals surface area contributed by atoms with Gasteiger partial charge in [-0.25, -0.2) is 9.18 Å². The van der Waals surface area contributed by atoms with Gasteiger partial charge in [0.1, 0.15) is 17.2 Å². The number of amidine groups is 1. The van der Waals surface area contributed by atoms with Crippen LogP contribution in [0.25, 0.3) is 0 Å². The first-order chi connectivity index (χ1) is 13.9. The van der Waals surface area contributed by atoms with E-state index in [-0.39, 0.29) is 17.9 Å². The van der Waals surface area contributed by atoms with E-state index in [1.54, 1.807) is 11.0 Å². The molecule has 5 nitrogen and oxygen atoms in total. The first kappa shape index (κ1) is 19.9. The summed E-state index contributed by atoms with van der Waals surface area (Å²) in [5.41, 5.74) is 0.0693. The average molecular weight is 397 g/mol. The molecule has 2 amide bonds. The number of carbonyl (C=O) groups excluding carboxylic acids is 1. The normalized spacial score (nSPS) is 29.9. The van der Waals surface area contributed by atoms with Gasteiger partial charge in [-0.3, -0.25) is 9.80 Å². The second-order valence-electron chi connectivity index (χ2n) is 8.61. The van der Waals surface area contributed by atoms with Crippen LogP contribution in [0.15, 0.2) is 29.3 Å². The monoisotopic (exact) mass is 396 g/mol. The highest BCUT2D eigenvalue weighted by Gasteiger charge is 2.55. The first-order valence-corrected chi connectivity index (χ1v) is 10.5. The second-order valence-corrected chi connectivity index (χ2v) is 8.61. The molecule has 1 aromatic rings. The summed E-state index contributed by atoms with van der Waals surface area (Å²) in [5, 5.41) is 0. The highest BCUT2D eigenvalue weighted by Crippen LogP contribution is 2.42. The molecule has 3 atom stereocenters. The molecular weight excluding hydrogens is 367 g/mol. The quantitative estimate of drug-likeness (QED) is 0.715. The van der Waals surface area contributed by atoms with Crippen molar-refractivity contribution >= 4 is 17.6 Å². The SMILES string of the molecule is CC#CCN1CC[C@@]2(C[C@H]1C)C(N1CCC(C)C1)=NC(=O)N2c1cccc(F)c1. The number of amides is 2. The van der Waals surface area contributed by atoms with Crippen LogP contribution in [0.2, 0.25) is 0 Å². The average Bonchev–Trinajstić information content (AvgIpc) is 3.22. The van der Waals surface area contributed by atoms with Gasteiger partial charge in [0.15, 0.2) is 0 Å². The Morgan fingerprint density at radius 1 is 1.31 bits per heavy atom. The molecule has 3 heterocycles. The molecule has 6 heteroatoms. The summed E-state index contributed by atoms with van der Waals surface area (Å²) in [4.78, 5) is 24.1. The van der Waals surface area contributed by atoms with Crippen LogP contribution in [-0.4, -0.2) is 59.4 Å². The van der Waals surface area contributed by atoms with Gasteiger partial charge in [-0.05, 0) is 57.2 Å². The van der Waals surface area contributed by atoms with Crippen LogP contribution < -0.4 is 4.90 Å². The number of hydrogen-bond acceptors (Lipinski definition) is 3. The van der Waals surface area contributed by atoms with Crippen molar-refractivity contribution in [2.24, 2.45) is 10.9 Å². The van der Waals surface area contributed by atoms with E-state index in [4.69, 9.17) is 0 Å². The van der Waals surface area contributed by atoms with E-state index in [1.807, 2.05) is 13.0 Å². The highest BCUT2D eigenvalue weighted by molar-refractivity contribution is 6.16. The third kappa shape index (κ3) is 3.53. The van der Waals surface area contributed by atoms with Gasteiger partial charge in [0.25, 0.3) is 0 Å². The van der Waals surface area contributed by atoms with Gasteiger partial charge >= 0.3 is 6.03 Å². The number of hydrogen-bond donors (Lipinski definition) is 0. The van der Waals surface area contributed by atoms with Crippen molar-refractivity contribution in [2.75, 3.05) is 31.1 Å². The molecule has 4 rings (SSSR count). The fraction of sp³-hybridized carbons (Fsp3) is 0.565. The number of halogens is 1.